The maximum atomic E-state index is 8.77. The highest BCUT2D eigenvalue weighted by atomic mass is 79.9. The number of aliphatic hydroxyl groups excluding tert-OH is 1. The lowest BCUT2D eigenvalue weighted by atomic mass is 10.2. The van der Waals surface area contributed by atoms with Crippen molar-refractivity contribution in [3.05, 3.63) is 27.8 Å². The first-order chi connectivity index (χ1) is 8.61. The van der Waals surface area contributed by atoms with Gasteiger partial charge in [0.1, 0.15) is 0 Å². The fourth-order valence-electron chi connectivity index (χ4n) is 1.80. The van der Waals surface area contributed by atoms with Gasteiger partial charge in [0, 0.05) is 19.9 Å². The molecule has 0 bridgehead atoms. The van der Waals surface area contributed by atoms with Gasteiger partial charge in [-0.25, -0.2) is 4.68 Å². The summed E-state index contributed by atoms with van der Waals surface area (Å²) < 4.78 is 4.64. The van der Waals surface area contributed by atoms with Gasteiger partial charge < -0.3 is 5.11 Å². The van der Waals surface area contributed by atoms with Crippen LogP contribution in [-0.4, -0.2) is 36.5 Å². The fraction of sp³-hybridized carbons (Fsp3) is 0.545. The smallest absolute Gasteiger partial charge is 0.0857 e. The van der Waals surface area contributed by atoms with Crippen LogP contribution in [0.3, 0.4) is 0 Å². The van der Waals surface area contributed by atoms with Crippen molar-refractivity contribution in [3.63, 3.8) is 0 Å². The summed E-state index contributed by atoms with van der Waals surface area (Å²) in [6.07, 6.45) is 3.37. The third-order valence-corrected chi connectivity index (χ3v) is 3.78. The molecule has 0 spiro atoms. The summed E-state index contributed by atoms with van der Waals surface area (Å²) in [5.74, 6) is 0. The van der Waals surface area contributed by atoms with Crippen LogP contribution in [0.4, 0.5) is 0 Å². The van der Waals surface area contributed by atoms with Crippen LogP contribution < -0.4 is 0 Å². The zero-order chi connectivity index (χ0) is 13.1. The molecule has 0 aliphatic carbocycles. The van der Waals surface area contributed by atoms with E-state index in [9.17, 15) is 0 Å². The average Bonchev–Trinajstić information content (AvgIpc) is 2.88. The molecule has 7 heteroatoms. The molecule has 98 valence electrons. The molecule has 18 heavy (non-hydrogen) atoms. The van der Waals surface area contributed by atoms with Crippen molar-refractivity contribution in [2.24, 2.45) is 7.05 Å². The molecule has 6 nitrogen and oxygen atoms in total. The van der Waals surface area contributed by atoms with E-state index in [2.05, 4.69) is 31.3 Å². The molecule has 0 aliphatic rings. The minimum atomic E-state index is 0.180. The summed E-state index contributed by atoms with van der Waals surface area (Å²) in [4.78, 5) is 0. The summed E-state index contributed by atoms with van der Waals surface area (Å²) in [6.45, 7) is 2.77. The monoisotopic (exact) mass is 313 g/mol. The van der Waals surface area contributed by atoms with Gasteiger partial charge in [-0.1, -0.05) is 5.21 Å². The first-order valence-electron chi connectivity index (χ1n) is 5.79. The van der Waals surface area contributed by atoms with Crippen LogP contribution in [0, 0.1) is 6.92 Å². The maximum absolute atomic E-state index is 8.77. The Hall–Kier alpha value is -1.21. The van der Waals surface area contributed by atoms with Crippen LogP contribution >= 0.6 is 15.9 Å². The fourth-order valence-corrected chi connectivity index (χ4v) is 2.26. The first kappa shape index (κ1) is 13.2. The van der Waals surface area contributed by atoms with Gasteiger partial charge in [0.05, 0.1) is 28.1 Å². The SMILES string of the molecule is Cc1nn(C)c(Cn2cc(CCCO)nn2)c1Br. The van der Waals surface area contributed by atoms with Gasteiger partial charge in [0.15, 0.2) is 0 Å². The number of rotatable bonds is 5. The Morgan fingerprint density at radius 1 is 1.44 bits per heavy atom. The van der Waals surface area contributed by atoms with E-state index in [0.29, 0.717) is 13.0 Å². The molecule has 0 saturated carbocycles. The van der Waals surface area contributed by atoms with Crippen LogP contribution in [0.1, 0.15) is 23.5 Å². The minimum Gasteiger partial charge on any atom is -0.396 e. The van der Waals surface area contributed by atoms with E-state index in [-0.39, 0.29) is 6.61 Å². The van der Waals surface area contributed by atoms with Gasteiger partial charge >= 0.3 is 0 Å². The molecule has 1 N–H and O–H groups in total. The molecule has 0 unspecified atom stereocenters. The molecule has 0 aliphatic heterocycles. The van der Waals surface area contributed by atoms with Gasteiger partial charge in [0.25, 0.3) is 0 Å². The number of nitrogens with zero attached hydrogens (tertiary/aromatic N) is 5. The second kappa shape index (κ2) is 5.62. The standard InChI is InChI=1S/C11H16BrN5O/c1-8-11(12)10(16(2)14-8)7-17-6-9(13-15-17)4-3-5-18/h6,18H,3-5,7H2,1-2H3. The molecule has 0 radical (unpaired) electrons. The molecule has 0 saturated heterocycles. The predicted molar refractivity (Wildman–Crippen MR) is 70.2 cm³/mol. The van der Waals surface area contributed by atoms with Crippen molar-refractivity contribution in [1.29, 1.82) is 0 Å². The lowest BCUT2D eigenvalue weighted by Crippen LogP contribution is -2.06. The van der Waals surface area contributed by atoms with Crippen molar-refractivity contribution in [2.75, 3.05) is 6.61 Å². The van der Waals surface area contributed by atoms with Crippen molar-refractivity contribution in [1.82, 2.24) is 24.8 Å². The Balaban J connectivity index is 2.11. The number of aliphatic hydroxyl groups is 1. The van der Waals surface area contributed by atoms with Crippen LogP contribution in [0.5, 0.6) is 0 Å². The number of aryl methyl sites for hydroxylation is 3. The highest BCUT2D eigenvalue weighted by Gasteiger charge is 2.12. The van der Waals surface area contributed by atoms with E-state index in [1.54, 1.807) is 4.68 Å². The van der Waals surface area contributed by atoms with Crippen LogP contribution in [0.15, 0.2) is 10.7 Å². The number of aromatic nitrogens is 5. The number of hydrogen-bond acceptors (Lipinski definition) is 4. The molecule has 2 heterocycles. The van der Waals surface area contributed by atoms with E-state index in [1.165, 1.54) is 0 Å². The average molecular weight is 314 g/mol. The van der Waals surface area contributed by atoms with Crippen LogP contribution in [0.2, 0.25) is 0 Å². The van der Waals surface area contributed by atoms with E-state index in [1.807, 2.05) is 24.9 Å². The van der Waals surface area contributed by atoms with E-state index in [4.69, 9.17) is 5.11 Å². The van der Waals surface area contributed by atoms with Crippen molar-refractivity contribution in [3.8, 4) is 0 Å². The van der Waals surface area contributed by atoms with E-state index < -0.39 is 0 Å². The third-order valence-electron chi connectivity index (χ3n) is 2.75. The molecule has 0 amide bonds. The van der Waals surface area contributed by atoms with Gasteiger partial charge in [-0.2, -0.15) is 5.10 Å². The van der Waals surface area contributed by atoms with Gasteiger partial charge in [0.2, 0.25) is 0 Å². The number of halogens is 1. The van der Waals surface area contributed by atoms with Crippen molar-refractivity contribution < 1.29 is 5.11 Å². The molecule has 0 aromatic carbocycles. The molecule has 2 aromatic rings. The minimum absolute atomic E-state index is 0.180. The normalized spacial score (nSPS) is 11.1. The summed E-state index contributed by atoms with van der Waals surface area (Å²) in [5, 5.41) is 21.3. The molecular weight excluding hydrogens is 298 g/mol. The summed E-state index contributed by atoms with van der Waals surface area (Å²) in [7, 11) is 1.91. The van der Waals surface area contributed by atoms with Gasteiger partial charge in [-0.15, -0.1) is 5.10 Å². The number of hydrogen-bond donors (Lipinski definition) is 1. The Bertz CT molecular complexity index is 534. The van der Waals surface area contributed by atoms with Crippen LogP contribution in [0.25, 0.3) is 0 Å². The Morgan fingerprint density at radius 2 is 2.22 bits per heavy atom. The zero-order valence-electron chi connectivity index (χ0n) is 10.5. The zero-order valence-corrected chi connectivity index (χ0v) is 12.1. The lowest BCUT2D eigenvalue weighted by Gasteiger charge is -2.02. The summed E-state index contributed by atoms with van der Waals surface area (Å²) >= 11 is 3.53. The second-order valence-electron chi connectivity index (χ2n) is 4.20. The summed E-state index contributed by atoms with van der Waals surface area (Å²) in [6, 6.07) is 0. The Kier molecular flexibility index (Phi) is 4.13. The molecule has 0 fully saturated rings. The third kappa shape index (κ3) is 2.78. The summed E-state index contributed by atoms with van der Waals surface area (Å²) in [5.41, 5.74) is 2.93. The quantitative estimate of drug-likeness (QED) is 0.896. The molecule has 0 atom stereocenters. The first-order valence-corrected chi connectivity index (χ1v) is 6.59. The van der Waals surface area contributed by atoms with Crippen molar-refractivity contribution in [2.45, 2.75) is 26.3 Å². The van der Waals surface area contributed by atoms with Crippen LogP contribution in [-0.2, 0) is 20.0 Å². The van der Waals surface area contributed by atoms with E-state index >= 15 is 0 Å². The highest BCUT2D eigenvalue weighted by molar-refractivity contribution is 9.10. The lowest BCUT2D eigenvalue weighted by molar-refractivity contribution is 0.288. The van der Waals surface area contributed by atoms with E-state index in [0.717, 1.165) is 28.0 Å². The Labute approximate surface area is 114 Å². The second-order valence-corrected chi connectivity index (χ2v) is 5.00. The largest absolute Gasteiger partial charge is 0.396 e. The maximum Gasteiger partial charge on any atom is 0.0857 e. The molecular formula is C11H16BrN5O. The molecule has 2 aromatic heterocycles. The Morgan fingerprint density at radius 3 is 2.83 bits per heavy atom. The highest BCUT2D eigenvalue weighted by Crippen LogP contribution is 2.20. The topological polar surface area (TPSA) is 68.8 Å². The molecule has 2 rings (SSSR count). The van der Waals surface area contributed by atoms with Gasteiger partial charge in [-0.05, 0) is 35.7 Å². The van der Waals surface area contributed by atoms with Crippen molar-refractivity contribution >= 4 is 15.9 Å². The van der Waals surface area contributed by atoms with Gasteiger partial charge in [-0.3, -0.25) is 4.68 Å². The predicted octanol–water partition coefficient (Wildman–Crippen LogP) is 1.06.